The van der Waals surface area contributed by atoms with Crippen molar-refractivity contribution in [1.82, 2.24) is 9.55 Å². The highest BCUT2D eigenvalue weighted by molar-refractivity contribution is 7.71. The molecule has 0 atom stereocenters. The molecule has 5 heteroatoms. The van der Waals surface area contributed by atoms with Crippen molar-refractivity contribution in [3.8, 4) is 11.4 Å². The van der Waals surface area contributed by atoms with E-state index in [9.17, 15) is 0 Å². The molecule has 102 valence electrons. The first-order valence-electron chi connectivity index (χ1n) is 6.16. The highest BCUT2D eigenvalue weighted by Crippen LogP contribution is 2.29. The van der Waals surface area contributed by atoms with Gasteiger partial charge in [-0.3, -0.25) is 4.57 Å². The van der Waals surface area contributed by atoms with Crippen molar-refractivity contribution in [2.24, 2.45) is 0 Å². The highest BCUT2D eigenvalue weighted by atomic mass is 35.5. The van der Waals surface area contributed by atoms with Crippen LogP contribution < -0.4 is 4.74 Å². The standard InChI is InChI=1S/C15H13ClN2OS/c1-9-4-3-5-11(16)14(9)18-13-7-6-10(19-2)8-12(13)17-15(18)20/h3-8H,1-2H3,(H,17,20). The van der Waals surface area contributed by atoms with E-state index >= 15 is 0 Å². The minimum atomic E-state index is 0.615. The van der Waals surface area contributed by atoms with Gasteiger partial charge in [-0.15, -0.1) is 0 Å². The maximum Gasteiger partial charge on any atom is 0.182 e. The average molecular weight is 305 g/mol. The zero-order valence-electron chi connectivity index (χ0n) is 11.1. The van der Waals surface area contributed by atoms with Crippen LogP contribution in [0.2, 0.25) is 5.02 Å². The van der Waals surface area contributed by atoms with E-state index < -0.39 is 0 Å². The van der Waals surface area contributed by atoms with Crippen molar-refractivity contribution < 1.29 is 4.74 Å². The van der Waals surface area contributed by atoms with Gasteiger partial charge in [-0.25, -0.2) is 0 Å². The Labute approximate surface area is 126 Å². The van der Waals surface area contributed by atoms with Crippen LogP contribution in [0.25, 0.3) is 16.7 Å². The first-order chi connectivity index (χ1) is 9.61. The topological polar surface area (TPSA) is 29.9 Å². The molecule has 3 rings (SSSR count). The van der Waals surface area contributed by atoms with Gasteiger partial charge in [0.05, 0.1) is 28.9 Å². The molecular formula is C15H13ClN2OS. The van der Waals surface area contributed by atoms with E-state index in [1.54, 1.807) is 7.11 Å². The quantitative estimate of drug-likeness (QED) is 0.698. The minimum absolute atomic E-state index is 0.615. The third kappa shape index (κ3) is 2.01. The Kier molecular flexibility index (Phi) is 3.28. The van der Waals surface area contributed by atoms with Gasteiger partial charge in [0.1, 0.15) is 5.75 Å². The fourth-order valence-electron chi connectivity index (χ4n) is 2.35. The summed E-state index contributed by atoms with van der Waals surface area (Å²) in [6.45, 7) is 2.02. The number of halogens is 1. The number of fused-ring (bicyclic) bond motifs is 1. The molecule has 20 heavy (non-hydrogen) atoms. The molecule has 2 aromatic carbocycles. The van der Waals surface area contributed by atoms with Crippen LogP contribution in [-0.4, -0.2) is 16.7 Å². The van der Waals surface area contributed by atoms with Gasteiger partial charge in [0, 0.05) is 6.07 Å². The average Bonchev–Trinajstić information content (AvgIpc) is 2.74. The molecule has 1 aromatic heterocycles. The van der Waals surface area contributed by atoms with E-state index in [0.29, 0.717) is 9.79 Å². The monoisotopic (exact) mass is 304 g/mol. The number of aromatic amines is 1. The summed E-state index contributed by atoms with van der Waals surface area (Å²) >= 11 is 11.8. The van der Waals surface area contributed by atoms with Crippen LogP contribution in [-0.2, 0) is 0 Å². The molecule has 0 saturated heterocycles. The predicted molar refractivity (Wildman–Crippen MR) is 84.8 cm³/mol. The van der Waals surface area contributed by atoms with Crippen molar-refractivity contribution in [3.05, 3.63) is 51.8 Å². The van der Waals surface area contributed by atoms with Crippen LogP contribution in [0, 0.1) is 11.7 Å². The van der Waals surface area contributed by atoms with Crippen molar-refractivity contribution in [1.29, 1.82) is 0 Å². The van der Waals surface area contributed by atoms with E-state index in [4.69, 9.17) is 28.6 Å². The minimum Gasteiger partial charge on any atom is -0.497 e. The summed E-state index contributed by atoms with van der Waals surface area (Å²) in [5.74, 6) is 0.789. The molecule has 0 saturated carbocycles. The lowest BCUT2D eigenvalue weighted by Crippen LogP contribution is -1.98. The Balaban J connectivity index is 2.37. The van der Waals surface area contributed by atoms with Crippen LogP contribution >= 0.6 is 23.8 Å². The molecule has 0 bridgehead atoms. The number of aryl methyl sites for hydroxylation is 1. The van der Waals surface area contributed by atoms with Crippen LogP contribution in [0.5, 0.6) is 5.75 Å². The summed E-state index contributed by atoms with van der Waals surface area (Å²) < 4.78 is 7.81. The molecular weight excluding hydrogens is 292 g/mol. The van der Waals surface area contributed by atoms with E-state index in [-0.39, 0.29) is 0 Å². The fourth-order valence-corrected chi connectivity index (χ4v) is 2.95. The van der Waals surface area contributed by atoms with Gasteiger partial charge >= 0.3 is 0 Å². The van der Waals surface area contributed by atoms with Crippen molar-refractivity contribution in [2.45, 2.75) is 6.92 Å². The van der Waals surface area contributed by atoms with E-state index in [1.165, 1.54) is 0 Å². The molecule has 0 radical (unpaired) electrons. The van der Waals surface area contributed by atoms with Gasteiger partial charge in [0.2, 0.25) is 0 Å². The van der Waals surface area contributed by atoms with Gasteiger partial charge < -0.3 is 9.72 Å². The van der Waals surface area contributed by atoms with Crippen LogP contribution in [0.4, 0.5) is 0 Å². The summed E-state index contributed by atoms with van der Waals surface area (Å²) in [7, 11) is 1.64. The van der Waals surface area contributed by atoms with E-state index in [1.807, 2.05) is 47.9 Å². The van der Waals surface area contributed by atoms with Gasteiger partial charge in [0.25, 0.3) is 0 Å². The van der Waals surface area contributed by atoms with E-state index in [0.717, 1.165) is 28.0 Å². The van der Waals surface area contributed by atoms with Crippen molar-refractivity contribution in [3.63, 3.8) is 0 Å². The maximum absolute atomic E-state index is 6.35. The van der Waals surface area contributed by atoms with Crippen LogP contribution in [0.1, 0.15) is 5.56 Å². The number of H-pyrrole nitrogens is 1. The fraction of sp³-hybridized carbons (Fsp3) is 0.133. The van der Waals surface area contributed by atoms with Crippen LogP contribution in [0.15, 0.2) is 36.4 Å². The molecule has 3 nitrogen and oxygen atoms in total. The van der Waals surface area contributed by atoms with Gasteiger partial charge in [-0.05, 0) is 42.9 Å². The van der Waals surface area contributed by atoms with Gasteiger partial charge in [-0.1, -0.05) is 23.7 Å². The summed E-state index contributed by atoms with van der Waals surface area (Å²) in [6, 6.07) is 11.6. The Bertz CT molecular complexity index is 830. The summed E-state index contributed by atoms with van der Waals surface area (Å²) in [5.41, 5.74) is 3.89. The lowest BCUT2D eigenvalue weighted by Gasteiger charge is -2.10. The number of imidazole rings is 1. The summed E-state index contributed by atoms with van der Waals surface area (Å²) in [4.78, 5) is 3.19. The largest absolute Gasteiger partial charge is 0.497 e. The Hall–Kier alpha value is -1.78. The zero-order valence-corrected chi connectivity index (χ0v) is 12.7. The van der Waals surface area contributed by atoms with Gasteiger partial charge in [0.15, 0.2) is 4.77 Å². The summed E-state index contributed by atoms with van der Waals surface area (Å²) in [5, 5.41) is 0.679. The molecule has 0 unspecified atom stereocenters. The summed E-state index contributed by atoms with van der Waals surface area (Å²) in [6.07, 6.45) is 0. The second-order valence-corrected chi connectivity index (χ2v) is 5.35. The number of nitrogens with zero attached hydrogens (tertiary/aromatic N) is 1. The number of methoxy groups -OCH3 is 1. The first kappa shape index (κ1) is 13.2. The molecule has 0 aliphatic carbocycles. The molecule has 1 heterocycles. The number of aromatic nitrogens is 2. The lowest BCUT2D eigenvalue weighted by molar-refractivity contribution is 0.415. The number of hydrogen-bond donors (Lipinski definition) is 1. The highest BCUT2D eigenvalue weighted by Gasteiger charge is 2.12. The Morgan fingerprint density at radius 3 is 2.75 bits per heavy atom. The number of benzene rings is 2. The normalized spacial score (nSPS) is 10.9. The number of para-hydroxylation sites is 1. The zero-order chi connectivity index (χ0) is 14.3. The third-order valence-corrected chi connectivity index (χ3v) is 3.89. The van der Waals surface area contributed by atoms with Crippen molar-refractivity contribution in [2.75, 3.05) is 7.11 Å². The Morgan fingerprint density at radius 1 is 1.25 bits per heavy atom. The lowest BCUT2D eigenvalue weighted by atomic mass is 10.2. The molecule has 0 fully saturated rings. The van der Waals surface area contributed by atoms with Crippen molar-refractivity contribution >= 4 is 34.9 Å². The molecule has 0 aliphatic heterocycles. The molecule has 0 amide bonds. The third-order valence-electron chi connectivity index (χ3n) is 3.30. The second kappa shape index (κ2) is 4.96. The number of rotatable bonds is 2. The molecule has 1 N–H and O–H groups in total. The van der Waals surface area contributed by atoms with Gasteiger partial charge in [-0.2, -0.15) is 0 Å². The number of hydrogen-bond acceptors (Lipinski definition) is 2. The van der Waals surface area contributed by atoms with E-state index in [2.05, 4.69) is 4.98 Å². The van der Waals surface area contributed by atoms with Crippen LogP contribution in [0.3, 0.4) is 0 Å². The Morgan fingerprint density at radius 2 is 2.05 bits per heavy atom. The second-order valence-electron chi connectivity index (χ2n) is 4.55. The maximum atomic E-state index is 6.35. The SMILES string of the molecule is COc1ccc2c(c1)[nH]c(=S)n2-c1c(C)cccc1Cl. The molecule has 3 aromatic rings. The smallest absolute Gasteiger partial charge is 0.182 e. The first-order valence-corrected chi connectivity index (χ1v) is 6.94. The number of ether oxygens (including phenoxy) is 1. The predicted octanol–water partition coefficient (Wildman–Crippen LogP) is 4.66. The molecule has 0 spiro atoms. The molecule has 0 aliphatic rings. The number of nitrogens with one attached hydrogen (secondary N) is 1.